The summed E-state index contributed by atoms with van der Waals surface area (Å²) in [4.78, 5) is 13.9. The smallest absolute Gasteiger partial charge is 0.287 e. The Hall–Kier alpha value is -3.16. The fourth-order valence-corrected chi connectivity index (χ4v) is 1.74. The lowest BCUT2D eigenvalue weighted by Crippen LogP contribution is -1.98. The Kier molecular flexibility index (Phi) is 4.86. The van der Waals surface area contributed by atoms with Gasteiger partial charge >= 0.3 is 0 Å². The molecular weight excluding hydrogens is 288 g/mol. The first-order valence-electron chi connectivity index (χ1n) is 6.26. The Labute approximate surface area is 126 Å². The molecule has 1 N–H and O–H groups in total. The van der Waals surface area contributed by atoms with E-state index in [1.807, 2.05) is 12.1 Å². The molecule has 0 unspecified atom stereocenters. The number of nitrogens with one attached hydrogen (secondary N) is 1. The van der Waals surface area contributed by atoms with Crippen LogP contribution < -0.4 is 14.9 Å². The average molecular weight is 302 g/mol. The molecule has 1 aromatic heterocycles. The van der Waals surface area contributed by atoms with Gasteiger partial charge in [-0.1, -0.05) is 6.07 Å². The number of hydrogen-bond donors (Lipinski definition) is 1. The second kappa shape index (κ2) is 7.02. The van der Waals surface area contributed by atoms with Gasteiger partial charge in [-0.3, -0.25) is 15.5 Å². The van der Waals surface area contributed by atoms with Gasteiger partial charge in [-0.25, -0.2) is 4.98 Å². The number of ether oxygens (including phenoxy) is 2. The average Bonchev–Trinajstić information content (AvgIpc) is 2.55. The number of hydrogen-bond acceptors (Lipinski definition) is 7. The monoisotopic (exact) mass is 302 g/mol. The summed E-state index contributed by atoms with van der Waals surface area (Å²) < 4.78 is 10.5. The van der Waals surface area contributed by atoms with Crippen LogP contribution >= 0.6 is 0 Å². The van der Waals surface area contributed by atoms with E-state index in [0.29, 0.717) is 17.3 Å². The summed E-state index contributed by atoms with van der Waals surface area (Å²) >= 11 is 0. The summed E-state index contributed by atoms with van der Waals surface area (Å²) in [7, 11) is 3.10. The third kappa shape index (κ3) is 3.48. The van der Waals surface area contributed by atoms with Gasteiger partial charge in [-0.05, 0) is 18.2 Å². The Balaban J connectivity index is 2.11. The summed E-state index contributed by atoms with van der Waals surface area (Å²) in [5.41, 5.74) is 3.33. The molecule has 2 aromatic rings. The lowest BCUT2D eigenvalue weighted by Gasteiger charge is -2.09. The van der Waals surface area contributed by atoms with Crippen LogP contribution in [0.1, 0.15) is 5.56 Å². The van der Waals surface area contributed by atoms with E-state index in [1.165, 1.54) is 12.1 Å². The van der Waals surface area contributed by atoms with E-state index in [9.17, 15) is 10.1 Å². The van der Waals surface area contributed by atoms with Crippen molar-refractivity contribution in [1.82, 2.24) is 4.98 Å². The standard InChI is InChI=1S/C14H14N4O4/c1-21-12-5-3-4-10(14(12)22-2)8-16-17-13-7-6-11(9-15-13)18(19)20/h3-9H,1-2H3,(H,15,17). The molecule has 114 valence electrons. The fraction of sp³-hybridized carbons (Fsp3) is 0.143. The number of nitro groups is 1. The molecule has 1 heterocycles. The predicted molar refractivity (Wildman–Crippen MR) is 81.7 cm³/mol. The Morgan fingerprint density at radius 3 is 2.68 bits per heavy atom. The van der Waals surface area contributed by atoms with Crippen molar-refractivity contribution in [3.05, 3.63) is 52.2 Å². The zero-order chi connectivity index (χ0) is 15.9. The van der Waals surface area contributed by atoms with Gasteiger partial charge in [-0.2, -0.15) is 5.10 Å². The normalized spacial score (nSPS) is 10.5. The Bertz CT molecular complexity index is 686. The maximum absolute atomic E-state index is 10.5. The molecular formula is C14H14N4O4. The highest BCUT2D eigenvalue weighted by Gasteiger charge is 2.07. The number of methoxy groups -OCH3 is 2. The number of rotatable bonds is 6. The Morgan fingerprint density at radius 1 is 1.27 bits per heavy atom. The van der Waals surface area contributed by atoms with Gasteiger partial charge in [0.25, 0.3) is 5.69 Å². The molecule has 0 spiro atoms. The van der Waals surface area contributed by atoms with Crippen molar-refractivity contribution in [2.45, 2.75) is 0 Å². The third-order valence-electron chi connectivity index (χ3n) is 2.77. The number of aromatic nitrogens is 1. The highest BCUT2D eigenvalue weighted by atomic mass is 16.6. The van der Waals surface area contributed by atoms with Crippen LogP contribution in [0, 0.1) is 10.1 Å². The number of nitrogens with zero attached hydrogens (tertiary/aromatic N) is 3. The van der Waals surface area contributed by atoms with E-state index in [0.717, 1.165) is 11.8 Å². The van der Waals surface area contributed by atoms with Gasteiger partial charge in [0.15, 0.2) is 11.5 Å². The van der Waals surface area contributed by atoms with Crippen molar-refractivity contribution in [3.8, 4) is 11.5 Å². The zero-order valence-electron chi connectivity index (χ0n) is 12.0. The zero-order valence-corrected chi connectivity index (χ0v) is 12.0. The van der Waals surface area contributed by atoms with Gasteiger partial charge in [0, 0.05) is 11.6 Å². The molecule has 2 rings (SSSR count). The second-order valence-corrected chi connectivity index (χ2v) is 4.11. The highest BCUT2D eigenvalue weighted by molar-refractivity contribution is 5.85. The first kappa shape index (κ1) is 15.2. The van der Waals surface area contributed by atoms with E-state index in [-0.39, 0.29) is 5.69 Å². The van der Waals surface area contributed by atoms with Crippen molar-refractivity contribution in [2.24, 2.45) is 5.10 Å². The van der Waals surface area contributed by atoms with E-state index < -0.39 is 4.92 Å². The van der Waals surface area contributed by atoms with Crippen molar-refractivity contribution < 1.29 is 14.4 Å². The van der Waals surface area contributed by atoms with Crippen LogP contribution in [0.2, 0.25) is 0 Å². The van der Waals surface area contributed by atoms with Gasteiger partial charge in [0.1, 0.15) is 12.0 Å². The van der Waals surface area contributed by atoms with E-state index in [4.69, 9.17) is 9.47 Å². The molecule has 8 heteroatoms. The minimum Gasteiger partial charge on any atom is -0.493 e. The van der Waals surface area contributed by atoms with E-state index in [1.54, 1.807) is 26.5 Å². The minimum absolute atomic E-state index is 0.0796. The van der Waals surface area contributed by atoms with Crippen LogP contribution in [0.15, 0.2) is 41.6 Å². The first-order chi connectivity index (χ1) is 10.7. The topological polar surface area (TPSA) is 98.9 Å². The first-order valence-corrected chi connectivity index (χ1v) is 6.26. The highest BCUT2D eigenvalue weighted by Crippen LogP contribution is 2.29. The van der Waals surface area contributed by atoms with Crippen molar-refractivity contribution in [1.29, 1.82) is 0 Å². The third-order valence-corrected chi connectivity index (χ3v) is 2.77. The quantitative estimate of drug-likeness (QED) is 0.500. The van der Waals surface area contributed by atoms with Crippen LogP contribution in [0.25, 0.3) is 0 Å². The van der Waals surface area contributed by atoms with Gasteiger partial charge in [-0.15, -0.1) is 0 Å². The molecule has 0 radical (unpaired) electrons. The second-order valence-electron chi connectivity index (χ2n) is 4.11. The molecule has 1 aromatic carbocycles. The molecule has 0 amide bonds. The SMILES string of the molecule is COc1cccc(C=NNc2ccc([N+](=O)[O-])cn2)c1OC. The van der Waals surface area contributed by atoms with Gasteiger partial charge < -0.3 is 9.47 Å². The van der Waals surface area contributed by atoms with E-state index >= 15 is 0 Å². The molecule has 8 nitrogen and oxygen atoms in total. The minimum atomic E-state index is -0.513. The number of anilines is 1. The molecule has 0 fully saturated rings. The van der Waals surface area contributed by atoms with Crippen molar-refractivity contribution >= 4 is 17.7 Å². The maximum Gasteiger partial charge on any atom is 0.287 e. The summed E-state index contributed by atoms with van der Waals surface area (Å²) in [6, 6.07) is 8.22. The van der Waals surface area contributed by atoms with Crippen LogP contribution in [0.5, 0.6) is 11.5 Å². The predicted octanol–water partition coefficient (Wildman–Crippen LogP) is 2.45. The molecule has 22 heavy (non-hydrogen) atoms. The van der Waals surface area contributed by atoms with Crippen molar-refractivity contribution in [3.63, 3.8) is 0 Å². The van der Waals surface area contributed by atoms with Crippen LogP contribution in [0.4, 0.5) is 11.5 Å². The fourth-order valence-electron chi connectivity index (χ4n) is 1.74. The summed E-state index contributed by atoms with van der Waals surface area (Å²) in [5, 5.41) is 14.6. The van der Waals surface area contributed by atoms with Crippen LogP contribution in [-0.2, 0) is 0 Å². The number of pyridine rings is 1. The summed E-state index contributed by atoms with van der Waals surface area (Å²) in [6.07, 6.45) is 2.70. The Morgan fingerprint density at radius 2 is 2.09 bits per heavy atom. The van der Waals surface area contributed by atoms with Crippen LogP contribution in [-0.4, -0.2) is 30.3 Å². The largest absolute Gasteiger partial charge is 0.493 e. The maximum atomic E-state index is 10.5. The number of hydrazone groups is 1. The van der Waals surface area contributed by atoms with Gasteiger partial charge in [0.2, 0.25) is 0 Å². The lowest BCUT2D eigenvalue weighted by molar-refractivity contribution is -0.385. The molecule has 0 aliphatic heterocycles. The molecule has 0 aliphatic rings. The lowest BCUT2D eigenvalue weighted by atomic mass is 10.2. The number of para-hydroxylation sites is 1. The molecule has 0 saturated heterocycles. The molecule has 0 bridgehead atoms. The molecule has 0 aliphatic carbocycles. The van der Waals surface area contributed by atoms with E-state index in [2.05, 4.69) is 15.5 Å². The molecule has 0 saturated carbocycles. The molecule has 0 atom stereocenters. The van der Waals surface area contributed by atoms with Crippen LogP contribution in [0.3, 0.4) is 0 Å². The number of benzene rings is 1. The summed E-state index contributed by atoms with van der Waals surface area (Å²) in [6.45, 7) is 0. The van der Waals surface area contributed by atoms with Crippen molar-refractivity contribution in [2.75, 3.05) is 19.6 Å². The summed E-state index contributed by atoms with van der Waals surface area (Å²) in [5.74, 6) is 1.55. The van der Waals surface area contributed by atoms with Gasteiger partial charge in [0.05, 0.1) is 25.4 Å².